The lowest BCUT2D eigenvalue weighted by Crippen LogP contribution is -1.96. The van der Waals surface area contributed by atoms with Crippen LogP contribution in [0.25, 0.3) is 52.9 Å². The maximum atomic E-state index is 5.24. The average molecular weight is 466 g/mol. The van der Waals surface area contributed by atoms with Crippen molar-refractivity contribution in [2.45, 2.75) is 13.3 Å². The molecule has 6 rings (SSSR count). The van der Waals surface area contributed by atoms with Crippen molar-refractivity contribution in [2.75, 3.05) is 0 Å². The normalized spacial score (nSPS) is 11.3. The molecule has 160 valence electrons. The molecule has 6 heteroatoms. The number of thiophene rings is 2. The fourth-order valence-electron chi connectivity index (χ4n) is 4.03. The summed E-state index contributed by atoms with van der Waals surface area (Å²) >= 11 is 3.45. The van der Waals surface area contributed by atoms with Gasteiger partial charge in [-0.15, -0.1) is 22.7 Å². The van der Waals surface area contributed by atoms with Gasteiger partial charge in [0.15, 0.2) is 5.52 Å². The fraction of sp³-hybridized carbons (Fsp3) is 0.0741. The van der Waals surface area contributed by atoms with Gasteiger partial charge in [-0.1, -0.05) is 67.6 Å². The van der Waals surface area contributed by atoms with Crippen LogP contribution in [-0.2, 0) is 6.42 Å². The van der Waals surface area contributed by atoms with Gasteiger partial charge in [-0.25, -0.2) is 9.61 Å². The number of hydrogen-bond donors (Lipinski definition) is 0. The minimum Gasteiger partial charge on any atom is -0.249 e. The number of aryl methyl sites for hydroxylation is 1. The average Bonchev–Trinajstić information content (AvgIpc) is 3.65. The van der Waals surface area contributed by atoms with Crippen molar-refractivity contribution < 1.29 is 4.63 Å². The lowest BCUT2D eigenvalue weighted by Gasteiger charge is -2.08. The Kier molecular flexibility index (Phi) is 5.09. The van der Waals surface area contributed by atoms with E-state index in [-0.39, 0.29) is 0 Å². The van der Waals surface area contributed by atoms with E-state index in [9.17, 15) is 0 Å². The van der Waals surface area contributed by atoms with E-state index in [4.69, 9.17) is 9.61 Å². The van der Waals surface area contributed by atoms with Crippen LogP contribution in [0.5, 0.6) is 0 Å². The van der Waals surface area contributed by atoms with Gasteiger partial charge in [-0.2, -0.15) is 0 Å². The Hall–Kier alpha value is -3.61. The largest absolute Gasteiger partial charge is 0.249 e. The van der Waals surface area contributed by atoms with Crippen LogP contribution in [0.4, 0.5) is 0 Å². The molecule has 6 aromatic rings. The first-order valence-corrected chi connectivity index (χ1v) is 12.4. The predicted octanol–water partition coefficient (Wildman–Crippen LogP) is 7.97. The minimum atomic E-state index is 0.707. The van der Waals surface area contributed by atoms with E-state index in [1.807, 2.05) is 12.1 Å². The summed E-state index contributed by atoms with van der Waals surface area (Å²) in [4.78, 5) is 9.68. The van der Waals surface area contributed by atoms with Gasteiger partial charge in [-0.3, -0.25) is 0 Å². The highest BCUT2D eigenvalue weighted by molar-refractivity contribution is 7.19. The number of pyridine rings is 1. The van der Waals surface area contributed by atoms with Crippen LogP contribution in [-0.4, -0.2) is 15.3 Å². The van der Waals surface area contributed by atoms with Crippen molar-refractivity contribution in [3.05, 3.63) is 90.6 Å². The standard InChI is InChI=1S/C27H19N3OS2/c1-2-19-24(22-15-13-20(32-22)17-9-5-3-6-10-17)26-27(30-31-29-26)25(28-19)23-16-14-21(33-23)18-11-7-4-8-12-18/h3-16H,2H2,1H3. The van der Waals surface area contributed by atoms with Crippen molar-refractivity contribution in [3.63, 3.8) is 0 Å². The Labute approximate surface area is 199 Å². The molecule has 4 heterocycles. The van der Waals surface area contributed by atoms with Gasteiger partial charge in [0.05, 0.1) is 10.6 Å². The number of hydrogen-bond acceptors (Lipinski definition) is 6. The van der Waals surface area contributed by atoms with Crippen LogP contribution in [0.15, 0.2) is 89.6 Å². The quantitative estimate of drug-likeness (QED) is 0.259. The molecule has 0 saturated carbocycles. The van der Waals surface area contributed by atoms with Gasteiger partial charge in [0.25, 0.3) is 0 Å². The molecular weight excluding hydrogens is 446 g/mol. The van der Waals surface area contributed by atoms with Crippen molar-refractivity contribution in [2.24, 2.45) is 0 Å². The van der Waals surface area contributed by atoms with Crippen LogP contribution < -0.4 is 0 Å². The third-order valence-corrected chi connectivity index (χ3v) is 7.92. The maximum Gasteiger partial charge on any atom is 0.163 e. The molecule has 0 aliphatic heterocycles. The first-order chi connectivity index (χ1) is 16.3. The van der Waals surface area contributed by atoms with Crippen molar-refractivity contribution in [1.82, 2.24) is 15.3 Å². The van der Waals surface area contributed by atoms with Crippen molar-refractivity contribution in [1.29, 1.82) is 0 Å². The van der Waals surface area contributed by atoms with Crippen LogP contribution in [0.1, 0.15) is 12.6 Å². The summed E-state index contributed by atoms with van der Waals surface area (Å²) in [5.41, 5.74) is 6.74. The van der Waals surface area contributed by atoms with Gasteiger partial charge in [0.1, 0.15) is 11.2 Å². The van der Waals surface area contributed by atoms with Gasteiger partial charge >= 0.3 is 0 Å². The van der Waals surface area contributed by atoms with E-state index in [1.165, 1.54) is 20.9 Å². The Morgan fingerprint density at radius 1 is 0.636 bits per heavy atom. The third-order valence-electron chi connectivity index (χ3n) is 5.63. The SMILES string of the molecule is CCc1nc(-c2ccc(-c3ccccc3)s2)c2nonc2c1-c1ccc(-c2ccccc2)s1. The molecule has 0 aliphatic rings. The lowest BCUT2D eigenvalue weighted by molar-refractivity contribution is 0.315. The molecule has 33 heavy (non-hydrogen) atoms. The summed E-state index contributed by atoms with van der Waals surface area (Å²) in [6, 6.07) is 29.4. The van der Waals surface area contributed by atoms with E-state index < -0.39 is 0 Å². The van der Waals surface area contributed by atoms with E-state index in [1.54, 1.807) is 22.7 Å². The highest BCUT2D eigenvalue weighted by Gasteiger charge is 2.22. The van der Waals surface area contributed by atoms with E-state index >= 15 is 0 Å². The second-order valence-corrected chi connectivity index (χ2v) is 9.82. The number of nitrogens with zero attached hydrogens (tertiary/aromatic N) is 3. The molecule has 4 nitrogen and oxygen atoms in total. The molecule has 0 saturated heterocycles. The second-order valence-electron chi connectivity index (χ2n) is 7.66. The predicted molar refractivity (Wildman–Crippen MR) is 136 cm³/mol. The summed E-state index contributed by atoms with van der Waals surface area (Å²) in [5, 5.41) is 8.59. The number of aromatic nitrogens is 3. The molecule has 0 amide bonds. The monoisotopic (exact) mass is 465 g/mol. The van der Waals surface area contributed by atoms with Gasteiger partial charge < -0.3 is 0 Å². The maximum absolute atomic E-state index is 5.24. The molecule has 4 aromatic heterocycles. The molecular formula is C27H19N3OS2. The summed E-state index contributed by atoms with van der Waals surface area (Å²) in [7, 11) is 0. The van der Waals surface area contributed by atoms with Crippen LogP contribution in [0, 0.1) is 0 Å². The fourth-order valence-corrected chi connectivity index (χ4v) is 6.11. The Balaban J connectivity index is 1.48. The Morgan fingerprint density at radius 3 is 1.82 bits per heavy atom. The molecule has 0 fully saturated rings. The third kappa shape index (κ3) is 3.57. The summed E-state index contributed by atoms with van der Waals surface area (Å²) in [6.07, 6.45) is 0.792. The van der Waals surface area contributed by atoms with Gasteiger partial charge in [-0.05, 0) is 52.1 Å². The highest BCUT2D eigenvalue weighted by atomic mass is 32.1. The Bertz CT molecular complexity index is 1550. The number of fused-ring (bicyclic) bond motifs is 1. The van der Waals surface area contributed by atoms with Gasteiger partial charge in [0, 0.05) is 20.2 Å². The first kappa shape index (κ1) is 20.0. The zero-order valence-corrected chi connectivity index (χ0v) is 19.5. The molecule has 0 N–H and O–H groups in total. The Morgan fingerprint density at radius 2 is 1.18 bits per heavy atom. The number of rotatable bonds is 5. The summed E-state index contributed by atoms with van der Waals surface area (Å²) in [6.45, 7) is 2.13. The van der Waals surface area contributed by atoms with Crippen LogP contribution >= 0.6 is 22.7 Å². The lowest BCUT2D eigenvalue weighted by atomic mass is 10.1. The first-order valence-electron chi connectivity index (χ1n) is 10.8. The van der Waals surface area contributed by atoms with E-state index in [0.29, 0.717) is 5.52 Å². The van der Waals surface area contributed by atoms with Crippen molar-refractivity contribution in [3.8, 4) is 41.9 Å². The summed E-state index contributed by atoms with van der Waals surface area (Å²) < 4.78 is 5.24. The molecule has 0 unspecified atom stereocenters. The molecule has 0 bridgehead atoms. The van der Waals surface area contributed by atoms with Crippen LogP contribution in [0.3, 0.4) is 0 Å². The van der Waals surface area contributed by atoms with Crippen LogP contribution in [0.2, 0.25) is 0 Å². The zero-order valence-electron chi connectivity index (χ0n) is 17.9. The molecule has 0 atom stereocenters. The van der Waals surface area contributed by atoms with E-state index in [2.05, 4.69) is 90.0 Å². The zero-order chi connectivity index (χ0) is 22.2. The van der Waals surface area contributed by atoms with Gasteiger partial charge in [0.2, 0.25) is 0 Å². The topological polar surface area (TPSA) is 51.8 Å². The minimum absolute atomic E-state index is 0.707. The second kappa shape index (κ2) is 8.39. The smallest absolute Gasteiger partial charge is 0.163 e. The van der Waals surface area contributed by atoms with Crippen molar-refractivity contribution >= 4 is 33.7 Å². The molecule has 2 aromatic carbocycles. The highest BCUT2D eigenvalue weighted by Crippen LogP contribution is 2.42. The molecule has 0 spiro atoms. The van der Waals surface area contributed by atoms with E-state index in [0.717, 1.165) is 38.6 Å². The molecule has 0 aliphatic carbocycles. The summed E-state index contributed by atoms with van der Waals surface area (Å²) in [5.74, 6) is 0. The number of benzene rings is 2. The molecule has 0 radical (unpaired) electrons.